The van der Waals surface area contributed by atoms with Crippen molar-refractivity contribution in [3.8, 4) is 11.1 Å². The molecule has 0 aliphatic carbocycles. The van der Waals surface area contributed by atoms with Crippen LogP contribution in [-0.2, 0) is 16.2 Å². The standard InChI is InChI=1S/C21H26ClN3O2/c1-17(26)23-27-15-14-24-10-12-25(13-11-24)16-19-4-2-3-5-21(19)18-6-8-20(22)9-7-18/h2-9H,10-16H2,1H3,(H,23,26). The van der Waals surface area contributed by atoms with Gasteiger partial charge in [-0.25, -0.2) is 5.48 Å². The maximum absolute atomic E-state index is 10.8. The van der Waals surface area contributed by atoms with E-state index >= 15 is 0 Å². The summed E-state index contributed by atoms with van der Waals surface area (Å²) in [5, 5.41) is 0.759. The van der Waals surface area contributed by atoms with Crippen LogP contribution in [0.3, 0.4) is 0 Å². The van der Waals surface area contributed by atoms with E-state index in [0.717, 1.165) is 44.3 Å². The molecule has 3 rings (SSSR count). The molecule has 1 aliphatic rings. The Morgan fingerprint density at radius 2 is 1.70 bits per heavy atom. The monoisotopic (exact) mass is 387 g/mol. The molecule has 0 saturated carbocycles. The van der Waals surface area contributed by atoms with E-state index in [1.165, 1.54) is 23.6 Å². The van der Waals surface area contributed by atoms with E-state index in [1.54, 1.807) is 0 Å². The van der Waals surface area contributed by atoms with E-state index < -0.39 is 0 Å². The average molecular weight is 388 g/mol. The normalized spacial score (nSPS) is 15.6. The van der Waals surface area contributed by atoms with E-state index in [-0.39, 0.29) is 5.91 Å². The first kappa shape index (κ1) is 19.8. The quantitative estimate of drug-likeness (QED) is 0.585. The lowest BCUT2D eigenvalue weighted by Crippen LogP contribution is -2.47. The average Bonchev–Trinajstić information content (AvgIpc) is 2.68. The topological polar surface area (TPSA) is 44.8 Å². The molecule has 1 saturated heterocycles. The molecule has 1 fully saturated rings. The highest BCUT2D eigenvalue weighted by Gasteiger charge is 2.18. The molecule has 1 amide bonds. The molecular formula is C21H26ClN3O2. The van der Waals surface area contributed by atoms with Crippen LogP contribution in [0.15, 0.2) is 48.5 Å². The molecule has 0 atom stereocenters. The molecule has 0 radical (unpaired) electrons. The van der Waals surface area contributed by atoms with Crippen LogP contribution in [0.1, 0.15) is 12.5 Å². The van der Waals surface area contributed by atoms with Gasteiger partial charge in [0.15, 0.2) is 0 Å². The van der Waals surface area contributed by atoms with Crippen molar-refractivity contribution >= 4 is 17.5 Å². The van der Waals surface area contributed by atoms with E-state index in [2.05, 4.69) is 51.7 Å². The van der Waals surface area contributed by atoms with Gasteiger partial charge in [0.25, 0.3) is 0 Å². The van der Waals surface area contributed by atoms with Crippen LogP contribution in [0, 0.1) is 0 Å². The van der Waals surface area contributed by atoms with Crippen molar-refractivity contribution in [1.82, 2.24) is 15.3 Å². The smallest absolute Gasteiger partial charge is 0.240 e. The lowest BCUT2D eigenvalue weighted by Gasteiger charge is -2.34. The second kappa shape index (κ2) is 9.85. The fraction of sp³-hybridized carbons (Fsp3) is 0.381. The first-order valence-electron chi connectivity index (χ1n) is 9.29. The number of halogens is 1. The molecule has 1 aliphatic heterocycles. The zero-order valence-electron chi connectivity index (χ0n) is 15.7. The Balaban J connectivity index is 1.52. The highest BCUT2D eigenvalue weighted by atomic mass is 35.5. The van der Waals surface area contributed by atoms with E-state index in [0.29, 0.717) is 6.61 Å². The number of benzene rings is 2. The summed E-state index contributed by atoms with van der Waals surface area (Å²) in [4.78, 5) is 20.8. The van der Waals surface area contributed by atoms with E-state index in [4.69, 9.17) is 16.4 Å². The summed E-state index contributed by atoms with van der Waals surface area (Å²) in [6.07, 6.45) is 0. The van der Waals surface area contributed by atoms with Crippen molar-refractivity contribution in [1.29, 1.82) is 0 Å². The molecule has 2 aromatic carbocycles. The van der Waals surface area contributed by atoms with Gasteiger partial charge >= 0.3 is 0 Å². The second-order valence-corrected chi connectivity index (χ2v) is 7.22. The van der Waals surface area contributed by atoms with Gasteiger partial charge in [-0.3, -0.25) is 19.4 Å². The van der Waals surface area contributed by atoms with Crippen molar-refractivity contribution in [3.05, 3.63) is 59.1 Å². The van der Waals surface area contributed by atoms with Gasteiger partial charge in [0, 0.05) is 51.2 Å². The fourth-order valence-corrected chi connectivity index (χ4v) is 3.43. The number of carbonyl (C=O) groups is 1. The van der Waals surface area contributed by atoms with Crippen LogP contribution < -0.4 is 5.48 Å². The molecule has 0 unspecified atom stereocenters. The van der Waals surface area contributed by atoms with Crippen molar-refractivity contribution in [2.45, 2.75) is 13.5 Å². The fourth-order valence-electron chi connectivity index (χ4n) is 3.31. The van der Waals surface area contributed by atoms with E-state index in [1.807, 2.05) is 12.1 Å². The zero-order valence-corrected chi connectivity index (χ0v) is 16.4. The third kappa shape index (κ3) is 6.04. The van der Waals surface area contributed by atoms with E-state index in [9.17, 15) is 4.79 Å². The minimum Gasteiger partial charge on any atom is -0.298 e. The van der Waals surface area contributed by atoms with Gasteiger partial charge in [0.05, 0.1) is 6.61 Å². The van der Waals surface area contributed by atoms with Gasteiger partial charge in [-0.1, -0.05) is 48.0 Å². The number of nitrogens with zero attached hydrogens (tertiary/aromatic N) is 2. The molecule has 1 N–H and O–H groups in total. The van der Waals surface area contributed by atoms with Crippen molar-refractivity contribution < 1.29 is 9.63 Å². The van der Waals surface area contributed by atoms with Crippen LogP contribution >= 0.6 is 11.6 Å². The molecule has 144 valence electrons. The SMILES string of the molecule is CC(=O)NOCCN1CCN(Cc2ccccc2-c2ccc(Cl)cc2)CC1. The van der Waals surface area contributed by atoms with Crippen molar-refractivity contribution in [2.75, 3.05) is 39.3 Å². The lowest BCUT2D eigenvalue weighted by atomic mass is 9.99. The first-order valence-corrected chi connectivity index (χ1v) is 9.66. The maximum Gasteiger partial charge on any atom is 0.240 e. The highest BCUT2D eigenvalue weighted by molar-refractivity contribution is 6.30. The molecule has 2 aromatic rings. The molecule has 27 heavy (non-hydrogen) atoms. The van der Waals surface area contributed by atoms with Crippen LogP contribution in [-0.4, -0.2) is 55.0 Å². The molecular weight excluding hydrogens is 362 g/mol. The first-order chi connectivity index (χ1) is 13.1. The molecule has 0 aromatic heterocycles. The molecule has 1 heterocycles. The van der Waals surface area contributed by atoms with Gasteiger partial charge in [-0.2, -0.15) is 0 Å². The van der Waals surface area contributed by atoms with Gasteiger partial charge in [-0.05, 0) is 28.8 Å². The molecule has 0 spiro atoms. The summed E-state index contributed by atoms with van der Waals surface area (Å²) in [7, 11) is 0. The highest BCUT2D eigenvalue weighted by Crippen LogP contribution is 2.26. The Bertz CT molecular complexity index is 743. The van der Waals surface area contributed by atoms with Crippen LogP contribution in [0.4, 0.5) is 0 Å². The number of piperazine rings is 1. The summed E-state index contributed by atoms with van der Waals surface area (Å²) in [6.45, 7) is 7.79. The maximum atomic E-state index is 10.8. The largest absolute Gasteiger partial charge is 0.298 e. The van der Waals surface area contributed by atoms with Crippen LogP contribution in [0.5, 0.6) is 0 Å². The number of hydrogen-bond donors (Lipinski definition) is 1. The Morgan fingerprint density at radius 1 is 1.04 bits per heavy atom. The number of hydroxylamine groups is 1. The number of amides is 1. The Kier molecular flexibility index (Phi) is 7.24. The Labute approximate surface area is 165 Å². The third-order valence-corrected chi connectivity index (χ3v) is 5.01. The number of rotatable bonds is 7. The molecule has 0 bridgehead atoms. The summed E-state index contributed by atoms with van der Waals surface area (Å²) in [6, 6.07) is 16.6. The zero-order chi connectivity index (χ0) is 19.1. The summed E-state index contributed by atoms with van der Waals surface area (Å²) >= 11 is 6.03. The third-order valence-electron chi connectivity index (χ3n) is 4.76. The Hall–Kier alpha value is -1.92. The van der Waals surface area contributed by atoms with Crippen LogP contribution in [0.2, 0.25) is 5.02 Å². The van der Waals surface area contributed by atoms with Gasteiger partial charge in [0.2, 0.25) is 5.91 Å². The number of nitrogens with one attached hydrogen (secondary N) is 1. The Morgan fingerprint density at radius 3 is 2.41 bits per heavy atom. The van der Waals surface area contributed by atoms with Crippen molar-refractivity contribution in [3.63, 3.8) is 0 Å². The lowest BCUT2D eigenvalue weighted by molar-refractivity contribution is -0.131. The number of carbonyl (C=O) groups excluding carboxylic acids is 1. The van der Waals surface area contributed by atoms with Crippen molar-refractivity contribution in [2.24, 2.45) is 0 Å². The minimum atomic E-state index is -0.167. The predicted molar refractivity (Wildman–Crippen MR) is 108 cm³/mol. The summed E-state index contributed by atoms with van der Waals surface area (Å²) < 4.78 is 0. The minimum absolute atomic E-state index is 0.167. The molecule has 5 nitrogen and oxygen atoms in total. The number of hydrogen-bond acceptors (Lipinski definition) is 4. The second-order valence-electron chi connectivity index (χ2n) is 6.79. The summed E-state index contributed by atoms with van der Waals surface area (Å²) in [5.74, 6) is -0.167. The summed E-state index contributed by atoms with van der Waals surface area (Å²) in [5.41, 5.74) is 6.17. The van der Waals surface area contributed by atoms with Gasteiger partial charge < -0.3 is 0 Å². The van der Waals surface area contributed by atoms with Gasteiger partial charge in [-0.15, -0.1) is 0 Å². The molecule has 6 heteroatoms. The van der Waals surface area contributed by atoms with Gasteiger partial charge in [0.1, 0.15) is 0 Å². The predicted octanol–water partition coefficient (Wildman–Crippen LogP) is 3.19. The van der Waals surface area contributed by atoms with Crippen LogP contribution in [0.25, 0.3) is 11.1 Å².